The molecule has 2 unspecified atom stereocenters. The van der Waals surface area contributed by atoms with Gasteiger partial charge >= 0.3 is 0 Å². The van der Waals surface area contributed by atoms with Gasteiger partial charge in [-0.05, 0) is 18.1 Å². The molecular formula is C11H13F2NO. The molecule has 0 spiro atoms. The van der Waals surface area contributed by atoms with Crippen molar-refractivity contribution in [3.8, 4) is 0 Å². The lowest BCUT2D eigenvalue weighted by atomic mass is 9.93. The van der Waals surface area contributed by atoms with E-state index in [0.717, 1.165) is 16.8 Å². The zero-order valence-electron chi connectivity index (χ0n) is 8.37. The number of aliphatic hydroxyl groups excluding tert-OH is 1. The number of hydrogen-bond acceptors (Lipinski definition) is 2. The average Bonchev–Trinajstić information content (AvgIpc) is 2.16. The van der Waals surface area contributed by atoms with Crippen molar-refractivity contribution in [1.29, 1.82) is 0 Å². The molecule has 0 fully saturated rings. The van der Waals surface area contributed by atoms with E-state index in [9.17, 15) is 13.9 Å². The summed E-state index contributed by atoms with van der Waals surface area (Å²) in [5, 5.41) is 12.2. The number of alkyl halides is 2. The van der Waals surface area contributed by atoms with Crippen molar-refractivity contribution in [2.75, 3.05) is 5.32 Å². The highest BCUT2D eigenvalue weighted by molar-refractivity contribution is 5.60. The van der Waals surface area contributed by atoms with Crippen LogP contribution >= 0.6 is 0 Å². The number of fused-ring (bicyclic) bond motifs is 1. The van der Waals surface area contributed by atoms with Gasteiger partial charge in [0.25, 0.3) is 6.43 Å². The maximum atomic E-state index is 12.6. The molecule has 2 atom stereocenters. The fraction of sp³-hybridized carbons (Fsp3) is 0.455. The van der Waals surface area contributed by atoms with Crippen LogP contribution in [0.25, 0.3) is 0 Å². The second-order valence-corrected chi connectivity index (χ2v) is 3.89. The van der Waals surface area contributed by atoms with Crippen LogP contribution in [0.4, 0.5) is 14.5 Å². The van der Waals surface area contributed by atoms with Gasteiger partial charge < -0.3 is 10.4 Å². The fourth-order valence-corrected chi connectivity index (χ4v) is 1.95. The molecule has 1 aromatic rings. The Morgan fingerprint density at radius 2 is 2.20 bits per heavy atom. The monoisotopic (exact) mass is 213 g/mol. The minimum atomic E-state index is -2.55. The van der Waals surface area contributed by atoms with E-state index in [4.69, 9.17) is 0 Å². The summed E-state index contributed by atoms with van der Waals surface area (Å²) >= 11 is 0. The minimum absolute atomic E-state index is 0.291. The predicted molar refractivity (Wildman–Crippen MR) is 54.3 cm³/mol. The second-order valence-electron chi connectivity index (χ2n) is 3.89. The fourth-order valence-electron chi connectivity index (χ4n) is 1.95. The van der Waals surface area contributed by atoms with Crippen LogP contribution in [0, 0.1) is 6.92 Å². The van der Waals surface area contributed by atoms with E-state index in [1.807, 2.05) is 25.1 Å². The highest BCUT2D eigenvalue weighted by atomic mass is 19.3. The Hall–Kier alpha value is -1.16. The number of aryl methyl sites for hydroxylation is 1. The van der Waals surface area contributed by atoms with E-state index in [-0.39, 0.29) is 0 Å². The summed E-state index contributed by atoms with van der Waals surface area (Å²) in [6, 6.07) is 4.43. The van der Waals surface area contributed by atoms with Gasteiger partial charge in [-0.2, -0.15) is 0 Å². The first kappa shape index (κ1) is 10.4. The average molecular weight is 213 g/mol. The lowest BCUT2D eigenvalue weighted by molar-refractivity contribution is 0.0426. The zero-order valence-corrected chi connectivity index (χ0v) is 8.37. The molecule has 2 N–H and O–H groups in total. The Labute approximate surface area is 86.9 Å². The van der Waals surface area contributed by atoms with Crippen LogP contribution in [0.5, 0.6) is 0 Å². The molecule has 1 heterocycles. The lowest BCUT2D eigenvalue weighted by Crippen LogP contribution is -2.44. The number of benzene rings is 1. The molecule has 0 saturated carbocycles. The van der Waals surface area contributed by atoms with Crippen LogP contribution in [0.2, 0.25) is 0 Å². The van der Waals surface area contributed by atoms with Gasteiger partial charge in [0.1, 0.15) is 6.04 Å². The molecule has 1 aromatic carbocycles. The van der Waals surface area contributed by atoms with Crippen LogP contribution in [-0.2, 0) is 6.42 Å². The summed E-state index contributed by atoms with van der Waals surface area (Å²) in [6.45, 7) is 1.87. The molecule has 4 heteroatoms. The van der Waals surface area contributed by atoms with Crippen molar-refractivity contribution < 1.29 is 13.9 Å². The quantitative estimate of drug-likeness (QED) is 0.747. The van der Waals surface area contributed by atoms with E-state index in [1.54, 1.807) is 0 Å². The van der Waals surface area contributed by atoms with Gasteiger partial charge in [-0.25, -0.2) is 8.78 Å². The molecule has 0 aliphatic carbocycles. The molecule has 2 nitrogen and oxygen atoms in total. The Kier molecular flexibility index (Phi) is 2.61. The maximum absolute atomic E-state index is 12.6. The van der Waals surface area contributed by atoms with E-state index < -0.39 is 18.6 Å². The number of rotatable bonds is 1. The van der Waals surface area contributed by atoms with E-state index in [0.29, 0.717) is 6.42 Å². The second kappa shape index (κ2) is 3.77. The van der Waals surface area contributed by atoms with Gasteiger partial charge in [0.2, 0.25) is 0 Å². The van der Waals surface area contributed by atoms with Crippen molar-refractivity contribution in [2.45, 2.75) is 31.9 Å². The van der Waals surface area contributed by atoms with Gasteiger partial charge in [0.15, 0.2) is 0 Å². The van der Waals surface area contributed by atoms with Crippen molar-refractivity contribution in [2.24, 2.45) is 0 Å². The van der Waals surface area contributed by atoms with Crippen molar-refractivity contribution >= 4 is 5.69 Å². The zero-order chi connectivity index (χ0) is 11.0. The molecule has 0 amide bonds. The van der Waals surface area contributed by atoms with Crippen molar-refractivity contribution in [3.63, 3.8) is 0 Å². The van der Waals surface area contributed by atoms with Crippen LogP contribution in [0.1, 0.15) is 11.1 Å². The van der Waals surface area contributed by atoms with Crippen LogP contribution in [-0.4, -0.2) is 23.7 Å². The van der Waals surface area contributed by atoms with Gasteiger partial charge in [0, 0.05) is 12.1 Å². The highest BCUT2D eigenvalue weighted by Crippen LogP contribution is 2.30. The summed E-state index contributed by atoms with van der Waals surface area (Å²) in [4.78, 5) is 0. The molecule has 0 saturated heterocycles. The van der Waals surface area contributed by atoms with Gasteiger partial charge in [-0.3, -0.25) is 0 Å². The SMILES string of the molecule is Cc1cccc2c1NC(C(F)F)C(O)C2. The van der Waals surface area contributed by atoms with Crippen LogP contribution in [0.15, 0.2) is 18.2 Å². The Balaban J connectivity index is 2.35. The number of anilines is 1. The lowest BCUT2D eigenvalue weighted by Gasteiger charge is -2.32. The van der Waals surface area contributed by atoms with Gasteiger partial charge in [-0.15, -0.1) is 0 Å². The molecule has 1 aliphatic rings. The summed E-state index contributed by atoms with van der Waals surface area (Å²) in [6.07, 6.45) is -3.27. The summed E-state index contributed by atoms with van der Waals surface area (Å²) in [5.74, 6) is 0. The van der Waals surface area contributed by atoms with Crippen molar-refractivity contribution in [3.05, 3.63) is 29.3 Å². The summed E-state index contributed by atoms with van der Waals surface area (Å²) in [5.41, 5.74) is 2.58. The number of aliphatic hydroxyl groups is 1. The summed E-state index contributed by atoms with van der Waals surface area (Å²) in [7, 11) is 0. The third-order valence-electron chi connectivity index (χ3n) is 2.79. The first-order valence-corrected chi connectivity index (χ1v) is 4.91. The van der Waals surface area contributed by atoms with E-state index >= 15 is 0 Å². The Morgan fingerprint density at radius 3 is 2.87 bits per heavy atom. The maximum Gasteiger partial charge on any atom is 0.260 e. The minimum Gasteiger partial charge on any atom is -0.390 e. The first-order chi connectivity index (χ1) is 7.09. The van der Waals surface area contributed by atoms with Crippen LogP contribution < -0.4 is 5.32 Å². The Bertz CT molecular complexity index is 368. The molecule has 1 aliphatic heterocycles. The largest absolute Gasteiger partial charge is 0.390 e. The molecule has 0 radical (unpaired) electrons. The highest BCUT2D eigenvalue weighted by Gasteiger charge is 2.33. The number of halogens is 2. The van der Waals surface area contributed by atoms with Crippen LogP contribution in [0.3, 0.4) is 0 Å². The van der Waals surface area contributed by atoms with E-state index in [2.05, 4.69) is 5.32 Å². The van der Waals surface area contributed by atoms with Gasteiger partial charge in [0.05, 0.1) is 6.10 Å². The number of para-hydroxylation sites is 1. The Morgan fingerprint density at radius 1 is 1.47 bits per heavy atom. The normalized spacial score (nSPS) is 24.9. The summed E-state index contributed by atoms with van der Waals surface area (Å²) < 4.78 is 25.1. The smallest absolute Gasteiger partial charge is 0.260 e. The standard InChI is InChI=1S/C11H13F2NO/c1-6-3-2-4-7-5-8(15)10(11(12)13)14-9(6)7/h2-4,8,10-11,14-15H,5H2,1H3. The molecule has 0 aromatic heterocycles. The third-order valence-corrected chi connectivity index (χ3v) is 2.79. The molecular weight excluding hydrogens is 200 g/mol. The molecule has 15 heavy (non-hydrogen) atoms. The molecule has 82 valence electrons. The van der Waals surface area contributed by atoms with Crippen molar-refractivity contribution in [1.82, 2.24) is 0 Å². The number of hydrogen-bond donors (Lipinski definition) is 2. The molecule has 2 rings (SSSR count). The molecule has 0 bridgehead atoms. The van der Waals surface area contributed by atoms with Gasteiger partial charge in [-0.1, -0.05) is 18.2 Å². The topological polar surface area (TPSA) is 32.3 Å². The predicted octanol–water partition coefficient (Wildman–Crippen LogP) is 1.96. The first-order valence-electron chi connectivity index (χ1n) is 4.91. The van der Waals surface area contributed by atoms with E-state index in [1.165, 1.54) is 0 Å². The third kappa shape index (κ3) is 1.81. The number of nitrogens with one attached hydrogen (secondary N) is 1.